The summed E-state index contributed by atoms with van der Waals surface area (Å²) in [6.45, 7) is 2.87. The molecule has 9 heteroatoms. The van der Waals surface area contributed by atoms with E-state index in [1.807, 2.05) is 41.8 Å². The van der Waals surface area contributed by atoms with Gasteiger partial charge in [-0.05, 0) is 61.6 Å². The van der Waals surface area contributed by atoms with Crippen molar-refractivity contribution in [2.24, 2.45) is 5.73 Å². The molecular weight excluding hydrogens is 441 g/mol. The zero-order valence-electron chi connectivity index (χ0n) is 16.9. The SMILES string of the molecule is CP(=O)(Sc1ccc(OCCCC(=O)c2cccs2)cc1)C1(C(N)=O)CCOCC1. The van der Waals surface area contributed by atoms with Crippen LogP contribution in [0.25, 0.3) is 0 Å². The number of ketones is 1. The quantitative estimate of drug-likeness (QED) is 0.306. The Labute approximate surface area is 184 Å². The second-order valence-corrected chi connectivity index (χ2v) is 14.1. The normalized spacial score (nSPS) is 17.8. The lowest BCUT2D eigenvalue weighted by molar-refractivity contribution is -0.122. The number of ether oxygens (including phenoxy) is 2. The average molecular weight is 468 g/mol. The van der Waals surface area contributed by atoms with E-state index in [-0.39, 0.29) is 5.78 Å². The zero-order valence-corrected chi connectivity index (χ0v) is 19.4. The van der Waals surface area contributed by atoms with Gasteiger partial charge in [-0.3, -0.25) is 9.59 Å². The number of Topliss-reactive ketones (excluding diaryl/α,β-unsaturated/α-hetero) is 1. The van der Waals surface area contributed by atoms with E-state index in [0.717, 1.165) is 9.77 Å². The molecule has 1 atom stereocenters. The highest BCUT2D eigenvalue weighted by molar-refractivity contribution is 8.58. The van der Waals surface area contributed by atoms with Gasteiger partial charge in [-0.15, -0.1) is 11.3 Å². The Bertz CT molecular complexity index is 908. The molecule has 0 bridgehead atoms. The van der Waals surface area contributed by atoms with E-state index >= 15 is 0 Å². The Morgan fingerprint density at radius 1 is 1.23 bits per heavy atom. The summed E-state index contributed by atoms with van der Waals surface area (Å²) in [6, 6.07) is 11.0. The molecule has 1 saturated heterocycles. The number of primary amides is 1. The number of carbonyl (C=O) groups is 2. The van der Waals surface area contributed by atoms with Crippen molar-refractivity contribution < 1.29 is 23.6 Å². The van der Waals surface area contributed by atoms with Gasteiger partial charge in [-0.1, -0.05) is 17.4 Å². The molecule has 1 aromatic heterocycles. The molecule has 0 spiro atoms. The number of hydrogen-bond donors (Lipinski definition) is 1. The van der Waals surface area contributed by atoms with Crippen molar-refractivity contribution in [3.63, 3.8) is 0 Å². The van der Waals surface area contributed by atoms with Gasteiger partial charge in [0, 0.05) is 24.5 Å². The summed E-state index contributed by atoms with van der Waals surface area (Å²) < 4.78 is 24.6. The van der Waals surface area contributed by atoms with Crippen LogP contribution in [0, 0.1) is 0 Å². The maximum atomic E-state index is 13.5. The minimum absolute atomic E-state index is 0.135. The van der Waals surface area contributed by atoms with Gasteiger partial charge in [-0.25, -0.2) is 0 Å². The van der Waals surface area contributed by atoms with Gasteiger partial charge in [0.25, 0.3) is 0 Å². The number of benzene rings is 1. The minimum Gasteiger partial charge on any atom is -0.494 e. The zero-order chi connectivity index (χ0) is 21.6. The molecule has 30 heavy (non-hydrogen) atoms. The van der Waals surface area contributed by atoms with Crippen LogP contribution in [0.3, 0.4) is 0 Å². The lowest BCUT2D eigenvalue weighted by Gasteiger charge is -2.38. The lowest BCUT2D eigenvalue weighted by atomic mass is 9.98. The van der Waals surface area contributed by atoms with Crippen LogP contribution >= 0.6 is 29.1 Å². The molecule has 2 aromatic rings. The van der Waals surface area contributed by atoms with Gasteiger partial charge in [0.1, 0.15) is 10.9 Å². The van der Waals surface area contributed by atoms with Crippen LogP contribution in [0.5, 0.6) is 5.75 Å². The Balaban J connectivity index is 1.53. The van der Waals surface area contributed by atoms with Crippen molar-refractivity contribution in [3.05, 3.63) is 46.7 Å². The van der Waals surface area contributed by atoms with Crippen molar-refractivity contribution in [3.8, 4) is 5.75 Å². The Kier molecular flexibility index (Phi) is 7.80. The van der Waals surface area contributed by atoms with E-state index in [1.54, 1.807) is 6.66 Å². The van der Waals surface area contributed by atoms with Gasteiger partial charge < -0.3 is 19.8 Å². The molecule has 0 radical (unpaired) electrons. The van der Waals surface area contributed by atoms with Crippen LogP contribution in [0.15, 0.2) is 46.7 Å². The third kappa shape index (κ3) is 5.35. The Hall–Kier alpha value is -1.60. The van der Waals surface area contributed by atoms with E-state index in [1.165, 1.54) is 22.7 Å². The van der Waals surface area contributed by atoms with E-state index in [9.17, 15) is 14.2 Å². The van der Waals surface area contributed by atoms with E-state index in [4.69, 9.17) is 15.2 Å². The minimum atomic E-state index is -2.97. The summed E-state index contributed by atoms with van der Waals surface area (Å²) in [7, 11) is 0. The molecular formula is C21H26NO5PS2. The number of carbonyl (C=O) groups excluding carboxylic acids is 2. The molecule has 1 amide bonds. The van der Waals surface area contributed by atoms with E-state index in [0.29, 0.717) is 51.3 Å². The van der Waals surface area contributed by atoms with Gasteiger partial charge >= 0.3 is 0 Å². The first-order valence-corrected chi connectivity index (χ1v) is 14.2. The predicted octanol–water partition coefficient (Wildman–Crippen LogP) is 4.82. The van der Waals surface area contributed by atoms with Gasteiger partial charge in [0.15, 0.2) is 12.1 Å². The number of amides is 1. The highest BCUT2D eigenvalue weighted by Gasteiger charge is 2.51. The maximum Gasteiger partial charge on any atom is 0.232 e. The fraction of sp³-hybridized carbons (Fsp3) is 0.429. The average Bonchev–Trinajstić information content (AvgIpc) is 3.27. The molecule has 6 nitrogen and oxygen atoms in total. The smallest absolute Gasteiger partial charge is 0.232 e. The molecule has 1 aromatic carbocycles. The molecule has 3 rings (SSSR count). The molecule has 1 aliphatic rings. The van der Waals surface area contributed by atoms with Crippen molar-refractivity contribution in [2.45, 2.75) is 35.7 Å². The topological polar surface area (TPSA) is 95.7 Å². The highest BCUT2D eigenvalue weighted by Crippen LogP contribution is 2.70. The van der Waals surface area contributed by atoms with Crippen LogP contribution in [-0.2, 0) is 14.1 Å². The number of thiophene rings is 1. The first kappa shape index (κ1) is 23.1. The summed E-state index contributed by atoms with van der Waals surface area (Å²) in [6.07, 6.45) is -1.11. The molecule has 1 aliphatic heterocycles. The van der Waals surface area contributed by atoms with Crippen molar-refractivity contribution in [2.75, 3.05) is 26.5 Å². The Morgan fingerprint density at radius 3 is 2.53 bits per heavy atom. The molecule has 162 valence electrons. The van der Waals surface area contributed by atoms with Crippen LogP contribution < -0.4 is 10.5 Å². The monoisotopic (exact) mass is 467 g/mol. The van der Waals surface area contributed by atoms with E-state index in [2.05, 4.69) is 0 Å². The summed E-state index contributed by atoms with van der Waals surface area (Å²) in [5.74, 6) is 0.307. The summed E-state index contributed by atoms with van der Waals surface area (Å²) >= 11 is 2.67. The maximum absolute atomic E-state index is 13.5. The van der Waals surface area contributed by atoms with Crippen LogP contribution in [0.2, 0.25) is 0 Å². The van der Waals surface area contributed by atoms with Crippen LogP contribution in [0.1, 0.15) is 35.4 Å². The van der Waals surface area contributed by atoms with Gasteiger partial charge in [0.2, 0.25) is 5.91 Å². The lowest BCUT2D eigenvalue weighted by Crippen LogP contribution is -2.47. The summed E-state index contributed by atoms with van der Waals surface area (Å²) in [4.78, 5) is 25.7. The second-order valence-electron chi connectivity index (χ2n) is 7.27. The Morgan fingerprint density at radius 2 is 1.93 bits per heavy atom. The summed E-state index contributed by atoms with van der Waals surface area (Å²) in [5.41, 5.74) is 5.66. The second kappa shape index (κ2) is 10.1. The molecule has 1 fully saturated rings. The number of rotatable bonds is 10. The fourth-order valence-electron chi connectivity index (χ4n) is 3.43. The molecule has 0 saturated carbocycles. The largest absolute Gasteiger partial charge is 0.494 e. The highest BCUT2D eigenvalue weighted by atomic mass is 32.7. The molecule has 0 aliphatic carbocycles. The van der Waals surface area contributed by atoms with Gasteiger partial charge in [0.05, 0.1) is 11.5 Å². The van der Waals surface area contributed by atoms with E-state index < -0.39 is 17.4 Å². The van der Waals surface area contributed by atoms with Gasteiger partial charge in [-0.2, -0.15) is 0 Å². The first-order chi connectivity index (χ1) is 14.3. The van der Waals surface area contributed by atoms with Crippen LogP contribution in [-0.4, -0.2) is 43.3 Å². The van der Waals surface area contributed by atoms with Crippen molar-refractivity contribution in [1.82, 2.24) is 0 Å². The fourth-order valence-corrected chi connectivity index (χ4v) is 9.27. The standard InChI is InChI=1S/C21H26NO5PS2/c1-28(25,21(20(22)24)10-13-26-14-11-21)30-17-8-6-16(7-9-17)27-12-2-4-18(23)19-5-3-15-29-19/h3,5-9,15H,2,4,10-14H2,1H3,(H2,22,24). The van der Waals surface area contributed by atoms with Crippen molar-refractivity contribution >= 4 is 40.8 Å². The first-order valence-electron chi connectivity index (χ1n) is 9.78. The number of hydrogen-bond acceptors (Lipinski definition) is 7. The van der Waals surface area contributed by atoms with Crippen molar-refractivity contribution in [1.29, 1.82) is 0 Å². The van der Waals surface area contributed by atoms with Crippen LogP contribution in [0.4, 0.5) is 0 Å². The molecule has 2 N–H and O–H groups in total. The summed E-state index contributed by atoms with van der Waals surface area (Å²) in [5, 5.41) is 0.867. The third-order valence-electron chi connectivity index (χ3n) is 5.27. The number of nitrogens with two attached hydrogens (primary N) is 1. The predicted molar refractivity (Wildman–Crippen MR) is 121 cm³/mol. The third-order valence-corrected chi connectivity index (χ3v) is 12.0. The molecule has 1 unspecified atom stereocenters. The molecule has 2 heterocycles.